The lowest BCUT2D eigenvalue weighted by Crippen LogP contribution is -1.99. The van der Waals surface area contributed by atoms with E-state index in [1.165, 1.54) is 18.9 Å². The van der Waals surface area contributed by atoms with E-state index in [1.54, 1.807) is 0 Å². The molecule has 0 N–H and O–H groups in total. The molecule has 0 aromatic heterocycles. The fourth-order valence-corrected chi connectivity index (χ4v) is 2.64. The van der Waals surface area contributed by atoms with Gasteiger partial charge in [-0.15, -0.1) is 29.8 Å². The summed E-state index contributed by atoms with van der Waals surface area (Å²) >= 11 is 11.2. The van der Waals surface area contributed by atoms with Crippen LogP contribution in [0.25, 0.3) is 0 Å². The smallest absolute Gasteiger partial charge is 0.0908 e. The van der Waals surface area contributed by atoms with Gasteiger partial charge in [0.05, 0.1) is 14.0 Å². The quantitative estimate of drug-likeness (QED) is 0.266. The van der Waals surface area contributed by atoms with Gasteiger partial charge in [-0.2, -0.15) is 0 Å². The Morgan fingerprint density at radius 3 is 2.60 bits per heavy atom. The highest BCUT2D eigenvalue weighted by molar-refractivity contribution is 6.68. The highest BCUT2D eigenvalue weighted by Gasteiger charge is 1.97. The Morgan fingerprint density at radius 2 is 2.10 bits per heavy atom. The molecule has 0 aliphatic heterocycles. The molecule has 0 heterocycles. The average molecular weight is 197 g/mol. The zero-order valence-corrected chi connectivity index (χ0v) is 9.08. The van der Waals surface area contributed by atoms with Crippen molar-refractivity contribution in [2.24, 2.45) is 0 Å². The first-order chi connectivity index (χ1) is 4.77. The van der Waals surface area contributed by atoms with Crippen molar-refractivity contribution in [3.8, 4) is 0 Å². The molecule has 0 fully saturated rings. The van der Waals surface area contributed by atoms with E-state index >= 15 is 0 Å². The Labute approximate surface area is 75.4 Å². The van der Waals surface area contributed by atoms with Crippen molar-refractivity contribution >= 4 is 32.7 Å². The summed E-state index contributed by atoms with van der Waals surface area (Å²) in [5.74, 6) is 0. The van der Waals surface area contributed by atoms with Gasteiger partial charge in [-0.1, -0.05) is 25.0 Å². The number of rotatable bonds is 6. The van der Waals surface area contributed by atoms with Crippen LogP contribution >= 0.6 is 23.2 Å². The minimum absolute atomic E-state index is 0.0382. The number of alkyl halides is 2. The first kappa shape index (κ1) is 10.5. The minimum atomic E-state index is -0.185. The van der Waals surface area contributed by atoms with Gasteiger partial charge in [-0.3, -0.25) is 0 Å². The molecule has 0 aliphatic rings. The molecule has 0 bridgehead atoms. The molecule has 0 aromatic rings. The third-order valence-corrected chi connectivity index (χ3v) is 3.98. The van der Waals surface area contributed by atoms with Gasteiger partial charge in [0.1, 0.15) is 0 Å². The zero-order valence-electron chi connectivity index (χ0n) is 6.15. The molecular formula is C7H14Cl2Si. The van der Waals surface area contributed by atoms with Crippen LogP contribution in [-0.2, 0) is 0 Å². The van der Waals surface area contributed by atoms with E-state index < -0.39 is 0 Å². The van der Waals surface area contributed by atoms with Crippen LogP contribution in [0.4, 0.5) is 0 Å². The molecule has 0 saturated carbocycles. The second kappa shape index (κ2) is 7.64. The van der Waals surface area contributed by atoms with Gasteiger partial charge in [-0.25, -0.2) is 0 Å². The van der Waals surface area contributed by atoms with E-state index in [9.17, 15) is 0 Å². The molecule has 60 valence electrons. The molecule has 0 aliphatic carbocycles. The van der Waals surface area contributed by atoms with Crippen LogP contribution in [0.5, 0.6) is 0 Å². The van der Waals surface area contributed by atoms with Gasteiger partial charge >= 0.3 is 0 Å². The number of halogens is 2. The fraction of sp³-hybridized carbons (Fsp3) is 0.714. The molecule has 0 unspecified atom stereocenters. The van der Waals surface area contributed by atoms with Gasteiger partial charge < -0.3 is 0 Å². The maximum Gasteiger partial charge on any atom is 0.0908 e. The number of hydrogen-bond donors (Lipinski definition) is 0. The fourth-order valence-electron chi connectivity index (χ4n) is 0.764. The molecule has 3 heteroatoms. The van der Waals surface area contributed by atoms with E-state index in [0.717, 1.165) is 6.42 Å². The summed E-state index contributed by atoms with van der Waals surface area (Å²) in [4.78, 5) is 0. The molecule has 0 rings (SSSR count). The van der Waals surface area contributed by atoms with Crippen molar-refractivity contribution in [1.82, 2.24) is 0 Å². The Morgan fingerprint density at radius 1 is 1.40 bits per heavy atom. The lowest BCUT2D eigenvalue weighted by Gasteiger charge is -1.97. The molecule has 0 nitrogen and oxygen atoms in total. The summed E-state index contributed by atoms with van der Waals surface area (Å²) in [5, 5.41) is 0. The zero-order chi connectivity index (χ0) is 7.82. The van der Waals surface area contributed by atoms with Crippen LogP contribution in [0.2, 0.25) is 6.04 Å². The van der Waals surface area contributed by atoms with Crippen LogP contribution < -0.4 is 0 Å². The second-order valence-corrected chi connectivity index (χ2v) is 6.73. The molecular weight excluding hydrogens is 183 g/mol. The molecule has 0 atom stereocenters. The van der Waals surface area contributed by atoms with Crippen molar-refractivity contribution in [2.45, 2.75) is 29.8 Å². The Kier molecular flexibility index (Phi) is 8.05. The summed E-state index contributed by atoms with van der Waals surface area (Å²) in [5.41, 5.74) is 0. The molecule has 0 aromatic carbocycles. The maximum absolute atomic E-state index is 5.60. The molecule has 0 radical (unpaired) electrons. The minimum Gasteiger partial charge on any atom is -0.110 e. The SMILES string of the molecule is C=CCCCC[SiH2]C(Cl)Cl. The summed E-state index contributed by atoms with van der Waals surface area (Å²) < 4.78 is -0.0382. The third kappa shape index (κ3) is 8.54. The molecule has 0 spiro atoms. The Balaban J connectivity index is 2.83. The van der Waals surface area contributed by atoms with E-state index in [-0.39, 0.29) is 14.0 Å². The van der Waals surface area contributed by atoms with Gasteiger partial charge in [0, 0.05) is 0 Å². The standard InChI is InChI=1S/C7H14Cl2Si/c1-2-3-4-5-6-10-7(8)9/h2,7H,1,3-6,10H2. The van der Waals surface area contributed by atoms with Crippen molar-refractivity contribution in [1.29, 1.82) is 0 Å². The predicted molar refractivity (Wildman–Crippen MR) is 52.9 cm³/mol. The highest BCUT2D eigenvalue weighted by atomic mass is 35.5. The first-order valence-corrected chi connectivity index (χ1v) is 6.35. The van der Waals surface area contributed by atoms with Crippen LogP contribution in [0, 0.1) is 0 Å². The van der Waals surface area contributed by atoms with Crippen LogP contribution in [0.1, 0.15) is 19.3 Å². The second-order valence-electron chi connectivity index (χ2n) is 2.32. The van der Waals surface area contributed by atoms with Crippen LogP contribution in [0.15, 0.2) is 12.7 Å². The van der Waals surface area contributed by atoms with Crippen molar-refractivity contribution in [3.05, 3.63) is 12.7 Å². The van der Waals surface area contributed by atoms with Gasteiger partial charge in [0.25, 0.3) is 0 Å². The first-order valence-electron chi connectivity index (χ1n) is 3.66. The number of unbranched alkanes of at least 4 members (excludes halogenated alkanes) is 2. The van der Waals surface area contributed by atoms with Crippen molar-refractivity contribution in [3.63, 3.8) is 0 Å². The maximum atomic E-state index is 5.60. The molecule has 0 amide bonds. The largest absolute Gasteiger partial charge is 0.110 e. The van der Waals surface area contributed by atoms with Crippen molar-refractivity contribution in [2.75, 3.05) is 0 Å². The van der Waals surface area contributed by atoms with E-state index in [0.29, 0.717) is 0 Å². The summed E-state index contributed by atoms with van der Waals surface area (Å²) in [6.45, 7) is 3.65. The Bertz CT molecular complexity index is 83.7. The normalized spacial score (nSPS) is 11.5. The number of hydrogen-bond acceptors (Lipinski definition) is 0. The lowest BCUT2D eigenvalue weighted by atomic mass is 10.2. The van der Waals surface area contributed by atoms with E-state index in [1.807, 2.05) is 6.08 Å². The van der Waals surface area contributed by atoms with E-state index in [4.69, 9.17) is 23.2 Å². The van der Waals surface area contributed by atoms with Crippen LogP contribution in [0.3, 0.4) is 0 Å². The van der Waals surface area contributed by atoms with Gasteiger partial charge in [0.2, 0.25) is 0 Å². The summed E-state index contributed by atoms with van der Waals surface area (Å²) in [6.07, 6.45) is 5.61. The topological polar surface area (TPSA) is 0 Å². The summed E-state index contributed by atoms with van der Waals surface area (Å²) in [6, 6.07) is 1.27. The number of allylic oxidation sites excluding steroid dienone is 1. The van der Waals surface area contributed by atoms with Gasteiger partial charge in [0.15, 0.2) is 0 Å². The monoisotopic (exact) mass is 196 g/mol. The van der Waals surface area contributed by atoms with Crippen LogP contribution in [-0.4, -0.2) is 14.0 Å². The van der Waals surface area contributed by atoms with E-state index in [2.05, 4.69) is 6.58 Å². The summed E-state index contributed by atoms with van der Waals surface area (Å²) in [7, 11) is -0.185. The average Bonchev–Trinajstić information content (AvgIpc) is 1.87. The Hall–Kier alpha value is 0.537. The predicted octanol–water partition coefficient (Wildman–Crippen LogP) is 2.69. The highest BCUT2D eigenvalue weighted by Crippen LogP contribution is 2.06. The van der Waals surface area contributed by atoms with Gasteiger partial charge in [-0.05, 0) is 6.42 Å². The molecule has 10 heavy (non-hydrogen) atoms. The van der Waals surface area contributed by atoms with Crippen molar-refractivity contribution < 1.29 is 0 Å². The molecule has 0 saturated heterocycles. The lowest BCUT2D eigenvalue weighted by molar-refractivity contribution is 0.811. The third-order valence-electron chi connectivity index (χ3n) is 1.33.